The zero-order valence-corrected chi connectivity index (χ0v) is 27.9. The van der Waals surface area contributed by atoms with Gasteiger partial charge >= 0.3 is 0 Å². The number of hydrogen-bond acceptors (Lipinski definition) is 8. The second-order valence-corrected chi connectivity index (χ2v) is 13.2. The van der Waals surface area contributed by atoms with Crippen molar-refractivity contribution in [2.45, 2.75) is 112 Å². The number of ketones is 1. The third-order valence-corrected chi connectivity index (χ3v) is 9.62. The van der Waals surface area contributed by atoms with E-state index in [2.05, 4.69) is 43.3 Å². The van der Waals surface area contributed by atoms with Crippen LogP contribution in [-0.4, -0.2) is 68.8 Å². The number of nitrogens with zero attached hydrogens (tertiary/aromatic N) is 3. The van der Waals surface area contributed by atoms with Crippen LogP contribution >= 0.6 is 0 Å². The van der Waals surface area contributed by atoms with E-state index in [0.717, 1.165) is 76.8 Å². The largest absolute Gasteiger partial charge is 0.508 e. The third kappa shape index (κ3) is 9.35. The molecular weight excluding hydrogens is 558 g/mol. The van der Waals surface area contributed by atoms with Crippen LogP contribution in [0.3, 0.4) is 0 Å². The van der Waals surface area contributed by atoms with E-state index in [0.29, 0.717) is 41.1 Å². The van der Waals surface area contributed by atoms with Crippen molar-refractivity contribution in [2.24, 2.45) is 29.1 Å². The average Bonchev–Trinajstić information content (AvgIpc) is 3.53. The van der Waals surface area contributed by atoms with Gasteiger partial charge < -0.3 is 24.8 Å². The van der Waals surface area contributed by atoms with E-state index in [1.165, 1.54) is 11.1 Å². The van der Waals surface area contributed by atoms with Crippen molar-refractivity contribution in [3.8, 4) is 5.75 Å². The zero-order valence-electron chi connectivity index (χ0n) is 27.9. The van der Waals surface area contributed by atoms with Gasteiger partial charge in [0.15, 0.2) is 6.29 Å². The van der Waals surface area contributed by atoms with Crippen molar-refractivity contribution < 1.29 is 29.6 Å². The Bertz CT molecular complexity index is 1150. The molecule has 9 heteroatoms. The number of Topliss-reactive ketones (excluding diaryl/α,β-unsaturated/α-hetero) is 1. The van der Waals surface area contributed by atoms with Gasteiger partial charge in [0.05, 0.1) is 18.9 Å². The molecule has 5 unspecified atom stereocenters. The second-order valence-electron chi connectivity index (χ2n) is 13.2. The van der Waals surface area contributed by atoms with Crippen LogP contribution in [0.4, 0.5) is 0 Å². The van der Waals surface area contributed by atoms with E-state index >= 15 is 0 Å². The maximum atomic E-state index is 13.2. The summed E-state index contributed by atoms with van der Waals surface area (Å²) in [4.78, 5) is 13.2. The predicted molar refractivity (Wildman–Crippen MR) is 171 cm³/mol. The van der Waals surface area contributed by atoms with E-state index in [4.69, 9.17) is 19.7 Å². The summed E-state index contributed by atoms with van der Waals surface area (Å²) in [6.45, 7) is 14.6. The van der Waals surface area contributed by atoms with Crippen LogP contribution in [0.25, 0.3) is 0 Å². The monoisotopic (exact) mass is 615 g/mol. The lowest BCUT2D eigenvalue weighted by Gasteiger charge is -2.50. The molecule has 5 atom stereocenters. The summed E-state index contributed by atoms with van der Waals surface area (Å²) in [7, 11) is 0. The van der Waals surface area contributed by atoms with Crippen molar-refractivity contribution in [2.75, 3.05) is 26.4 Å². The second kappa shape index (κ2) is 17.4. The Hall–Kier alpha value is -2.33. The Labute approximate surface area is 264 Å². The van der Waals surface area contributed by atoms with Crippen molar-refractivity contribution >= 4 is 5.78 Å². The number of carbonyl (C=O) groups excluding carboxylic acids is 1. The van der Waals surface area contributed by atoms with Crippen molar-refractivity contribution in [1.29, 1.82) is 0 Å². The number of carbonyl (C=O) groups is 1. The lowest BCUT2D eigenvalue weighted by molar-refractivity contribution is -0.129. The molecule has 2 saturated carbocycles. The first kappa shape index (κ1) is 36.1. The number of phenols is 1. The van der Waals surface area contributed by atoms with Gasteiger partial charge in [0.25, 0.3) is 0 Å². The lowest BCUT2D eigenvalue weighted by Crippen LogP contribution is -2.44. The molecule has 248 valence electrons. The van der Waals surface area contributed by atoms with Crippen LogP contribution in [0.2, 0.25) is 0 Å². The Morgan fingerprint density at radius 1 is 1.09 bits per heavy atom. The van der Waals surface area contributed by atoms with E-state index in [9.17, 15) is 9.90 Å². The number of rotatable bonds is 11. The molecule has 5 rings (SSSR count). The van der Waals surface area contributed by atoms with Crippen molar-refractivity contribution in [3.63, 3.8) is 0 Å². The van der Waals surface area contributed by atoms with Crippen LogP contribution in [0.15, 0.2) is 24.4 Å². The summed E-state index contributed by atoms with van der Waals surface area (Å²) in [5.41, 5.74) is 3.68. The fourth-order valence-corrected chi connectivity index (χ4v) is 7.89. The molecule has 1 heterocycles. The minimum Gasteiger partial charge on any atom is -0.508 e. The smallest absolute Gasteiger partial charge is 0.154 e. The summed E-state index contributed by atoms with van der Waals surface area (Å²) < 4.78 is 12.1. The number of aliphatic hydroxyl groups is 2. The minimum absolute atomic E-state index is 0.0370. The summed E-state index contributed by atoms with van der Waals surface area (Å²) in [5.74, 6) is 3.57. The number of aryl methyl sites for hydroxylation is 2. The number of hydrogen-bond donors (Lipinski definition) is 3. The van der Waals surface area contributed by atoms with Gasteiger partial charge in [0.1, 0.15) is 11.5 Å². The number of ether oxygens (including phenoxy) is 2. The summed E-state index contributed by atoms with van der Waals surface area (Å²) >= 11 is 0. The zero-order chi connectivity index (χ0) is 32.3. The van der Waals surface area contributed by atoms with E-state index in [-0.39, 0.29) is 24.9 Å². The quantitative estimate of drug-likeness (QED) is 0.275. The molecule has 2 fully saturated rings. The molecule has 0 spiro atoms. The maximum absolute atomic E-state index is 13.2. The van der Waals surface area contributed by atoms with Gasteiger partial charge in [-0.1, -0.05) is 32.1 Å². The molecule has 0 amide bonds. The molecule has 9 nitrogen and oxygen atoms in total. The van der Waals surface area contributed by atoms with Gasteiger partial charge in [-0.25, -0.2) is 0 Å². The summed E-state index contributed by atoms with van der Waals surface area (Å²) in [6.07, 6.45) is 10.2. The van der Waals surface area contributed by atoms with Crippen LogP contribution < -0.4 is 0 Å². The SMILES string of the molecule is CC(C)Cc1cn(CCCC2CC(=O)C3(C)CCC4c5ccc(O)cc5CCC4C23)nn1.CCOC(C)OCC.OCCO. The highest BCUT2D eigenvalue weighted by molar-refractivity contribution is 5.87. The van der Waals surface area contributed by atoms with Crippen molar-refractivity contribution in [1.82, 2.24) is 15.0 Å². The molecule has 0 saturated heterocycles. The number of fused-ring (bicyclic) bond motifs is 5. The first-order valence-corrected chi connectivity index (χ1v) is 16.8. The number of aromatic nitrogens is 3. The molecule has 2 aromatic rings. The Morgan fingerprint density at radius 3 is 2.43 bits per heavy atom. The van der Waals surface area contributed by atoms with Gasteiger partial charge in [-0.15, -0.1) is 5.10 Å². The highest BCUT2D eigenvalue weighted by Gasteiger charge is 2.58. The van der Waals surface area contributed by atoms with Gasteiger partial charge in [0, 0.05) is 37.8 Å². The van der Waals surface area contributed by atoms with Crippen LogP contribution in [0, 0.1) is 29.1 Å². The highest BCUT2D eigenvalue weighted by Crippen LogP contribution is 2.62. The van der Waals surface area contributed by atoms with Gasteiger partial charge in [0.2, 0.25) is 0 Å². The Balaban J connectivity index is 0.000000376. The van der Waals surface area contributed by atoms with E-state index in [1.54, 1.807) is 0 Å². The average molecular weight is 616 g/mol. The summed E-state index contributed by atoms with van der Waals surface area (Å²) in [5, 5.41) is 33.8. The standard InChI is InChI=1S/C27H37N3O2.C6H14O2.C2H6O2/c1-17(2)13-20-16-30(29-28-20)12-4-5-19-15-25(32)27(3)11-10-23-22-9-7-21(31)14-18(22)6-8-24(23)26(19)27;1-4-7-6(3)8-5-2;3-1-2-4/h7,9,14,16-17,19,23-24,26,31H,4-6,8,10-13,15H2,1-3H3;6H,4-5H2,1-3H3;3-4H,1-2H2. The molecule has 3 N–H and O–H groups in total. The number of aliphatic hydroxyl groups excluding tert-OH is 2. The lowest BCUT2D eigenvalue weighted by atomic mass is 9.54. The number of aromatic hydroxyl groups is 1. The summed E-state index contributed by atoms with van der Waals surface area (Å²) in [6, 6.07) is 5.95. The minimum atomic E-state index is -0.141. The van der Waals surface area contributed by atoms with Gasteiger partial charge in [-0.2, -0.15) is 0 Å². The molecular formula is C35H57N3O6. The third-order valence-electron chi connectivity index (χ3n) is 9.62. The molecule has 3 aliphatic carbocycles. The molecule has 1 aromatic carbocycles. The Morgan fingerprint density at radius 2 is 1.80 bits per heavy atom. The van der Waals surface area contributed by atoms with Gasteiger partial charge in [-0.3, -0.25) is 9.48 Å². The molecule has 0 aliphatic heterocycles. The molecule has 1 aromatic heterocycles. The maximum Gasteiger partial charge on any atom is 0.154 e. The van der Waals surface area contributed by atoms with Gasteiger partial charge in [-0.05, 0) is 119 Å². The topological polar surface area (TPSA) is 127 Å². The number of benzene rings is 1. The van der Waals surface area contributed by atoms with Crippen molar-refractivity contribution in [3.05, 3.63) is 41.2 Å². The normalized spacial score (nSPS) is 25.5. The molecule has 0 bridgehead atoms. The van der Waals surface area contributed by atoms with Crippen LogP contribution in [0.5, 0.6) is 5.75 Å². The molecule has 44 heavy (non-hydrogen) atoms. The Kier molecular flexibility index (Phi) is 14.3. The first-order chi connectivity index (χ1) is 21.1. The van der Waals surface area contributed by atoms with E-state index < -0.39 is 0 Å². The molecule has 0 radical (unpaired) electrons. The van der Waals surface area contributed by atoms with Crippen LogP contribution in [0.1, 0.15) is 103 Å². The van der Waals surface area contributed by atoms with Crippen LogP contribution in [-0.2, 0) is 33.7 Å². The van der Waals surface area contributed by atoms with E-state index in [1.807, 2.05) is 37.6 Å². The highest BCUT2D eigenvalue weighted by atomic mass is 16.7. The fraction of sp³-hybridized carbons (Fsp3) is 0.743. The number of phenolic OH excluding ortho intramolecular Hbond substituents is 1. The predicted octanol–water partition coefficient (Wildman–Crippen LogP) is 5.69. The molecule has 3 aliphatic rings. The fourth-order valence-electron chi connectivity index (χ4n) is 7.89. The first-order valence-electron chi connectivity index (χ1n) is 16.8.